The van der Waals surface area contributed by atoms with E-state index >= 15 is 0 Å². The Labute approximate surface area is 177 Å². The minimum Gasteiger partial charge on any atom is -0.494 e. The van der Waals surface area contributed by atoms with Crippen molar-refractivity contribution in [3.63, 3.8) is 0 Å². The molecule has 2 aromatic rings. The van der Waals surface area contributed by atoms with Crippen molar-refractivity contribution in [3.8, 4) is 5.75 Å². The molecule has 4 rings (SSSR count). The maximum Gasteiger partial charge on any atom is 0.119 e. The number of unbranched alkanes of at least 4 members (excludes halogenated alkanes) is 1. The van der Waals surface area contributed by atoms with Crippen LogP contribution in [0.4, 0.5) is 0 Å². The lowest BCUT2D eigenvalue weighted by Crippen LogP contribution is -2.14. The van der Waals surface area contributed by atoms with Crippen LogP contribution in [-0.2, 0) is 12.8 Å². The summed E-state index contributed by atoms with van der Waals surface area (Å²) in [4.78, 5) is 0. The van der Waals surface area contributed by atoms with Crippen LogP contribution in [0.1, 0.15) is 99.3 Å². The Morgan fingerprint density at radius 1 is 0.793 bits per heavy atom. The van der Waals surface area contributed by atoms with Crippen LogP contribution >= 0.6 is 0 Å². The SMILES string of the molecule is CCCCOc1ccc2c(c1)CCC(c1ccc(C3CCC(CC)CC3)cc1)C2. The maximum atomic E-state index is 5.91. The molecule has 2 aliphatic carbocycles. The molecule has 2 aromatic carbocycles. The molecule has 1 heteroatoms. The summed E-state index contributed by atoms with van der Waals surface area (Å²) in [5.41, 5.74) is 6.13. The molecule has 1 atom stereocenters. The van der Waals surface area contributed by atoms with Gasteiger partial charge in [0.05, 0.1) is 6.61 Å². The Hall–Kier alpha value is -1.76. The second-order valence-corrected chi connectivity index (χ2v) is 9.36. The second-order valence-electron chi connectivity index (χ2n) is 9.36. The van der Waals surface area contributed by atoms with E-state index in [2.05, 4.69) is 56.3 Å². The van der Waals surface area contributed by atoms with Crippen molar-refractivity contribution in [2.24, 2.45) is 5.92 Å². The predicted molar refractivity (Wildman–Crippen MR) is 123 cm³/mol. The third-order valence-electron chi connectivity index (χ3n) is 7.48. The van der Waals surface area contributed by atoms with Crippen molar-refractivity contribution in [3.05, 3.63) is 64.7 Å². The number of benzene rings is 2. The Morgan fingerprint density at radius 2 is 1.52 bits per heavy atom. The van der Waals surface area contributed by atoms with Crippen molar-refractivity contribution in [2.75, 3.05) is 6.61 Å². The van der Waals surface area contributed by atoms with Gasteiger partial charge in [-0.15, -0.1) is 0 Å². The predicted octanol–water partition coefficient (Wildman–Crippen LogP) is 7.82. The van der Waals surface area contributed by atoms with Gasteiger partial charge in [0.1, 0.15) is 5.75 Å². The van der Waals surface area contributed by atoms with Crippen LogP contribution < -0.4 is 4.74 Å². The van der Waals surface area contributed by atoms with E-state index in [-0.39, 0.29) is 0 Å². The zero-order valence-corrected chi connectivity index (χ0v) is 18.5. The van der Waals surface area contributed by atoms with Crippen molar-refractivity contribution in [1.82, 2.24) is 0 Å². The number of hydrogen-bond acceptors (Lipinski definition) is 1. The highest BCUT2D eigenvalue weighted by Crippen LogP contribution is 2.38. The van der Waals surface area contributed by atoms with Crippen LogP contribution in [0.25, 0.3) is 0 Å². The average Bonchev–Trinajstić information content (AvgIpc) is 2.79. The summed E-state index contributed by atoms with van der Waals surface area (Å²) < 4.78 is 5.91. The molecule has 0 radical (unpaired) electrons. The first-order valence-electron chi connectivity index (χ1n) is 12.1. The van der Waals surface area contributed by atoms with E-state index in [0.29, 0.717) is 5.92 Å². The van der Waals surface area contributed by atoms with E-state index in [1.54, 1.807) is 5.56 Å². The maximum absolute atomic E-state index is 5.91. The van der Waals surface area contributed by atoms with Gasteiger partial charge in [0.25, 0.3) is 0 Å². The standard InChI is InChI=1S/C28H38O/c1-3-5-18-29-28-17-16-26-19-25(14-15-27(26)20-28)24-12-10-23(11-13-24)22-8-6-21(4-2)7-9-22/h10-13,16-17,20-22,25H,3-9,14-15,18-19H2,1-2H3. The van der Waals surface area contributed by atoms with Crippen molar-refractivity contribution >= 4 is 0 Å². The molecule has 1 saturated carbocycles. The van der Waals surface area contributed by atoms with Gasteiger partial charge in [-0.1, -0.05) is 57.0 Å². The molecule has 0 bridgehead atoms. The number of fused-ring (bicyclic) bond motifs is 1. The minimum atomic E-state index is 0.666. The topological polar surface area (TPSA) is 9.23 Å². The van der Waals surface area contributed by atoms with Crippen LogP contribution in [0.5, 0.6) is 5.75 Å². The molecule has 29 heavy (non-hydrogen) atoms. The molecule has 0 saturated heterocycles. The van der Waals surface area contributed by atoms with E-state index in [0.717, 1.165) is 30.6 Å². The molecule has 1 unspecified atom stereocenters. The molecular formula is C28H38O. The zero-order valence-electron chi connectivity index (χ0n) is 18.5. The normalized spacial score (nSPS) is 24.1. The fourth-order valence-corrected chi connectivity index (χ4v) is 5.38. The summed E-state index contributed by atoms with van der Waals surface area (Å²) in [7, 11) is 0. The van der Waals surface area contributed by atoms with Crippen molar-refractivity contribution < 1.29 is 4.74 Å². The van der Waals surface area contributed by atoms with Crippen LogP contribution in [0, 0.1) is 5.92 Å². The molecule has 2 aliphatic rings. The lowest BCUT2D eigenvalue weighted by Gasteiger charge is -2.29. The van der Waals surface area contributed by atoms with E-state index < -0.39 is 0 Å². The third-order valence-corrected chi connectivity index (χ3v) is 7.48. The van der Waals surface area contributed by atoms with E-state index in [9.17, 15) is 0 Å². The number of ether oxygens (including phenoxy) is 1. The molecule has 0 N–H and O–H groups in total. The first kappa shape index (κ1) is 20.5. The molecule has 1 fully saturated rings. The highest BCUT2D eigenvalue weighted by atomic mass is 16.5. The van der Waals surface area contributed by atoms with Gasteiger partial charge < -0.3 is 4.74 Å². The quantitative estimate of drug-likeness (QED) is 0.438. The Kier molecular flexibility index (Phi) is 6.95. The monoisotopic (exact) mass is 390 g/mol. The van der Waals surface area contributed by atoms with Crippen molar-refractivity contribution in [2.45, 2.75) is 89.9 Å². The van der Waals surface area contributed by atoms with Gasteiger partial charge in [0.15, 0.2) is 0 Å². The first-order valence-corrected chi connectivity index (χ1v) is 12.1. The molecule has 0 spiro atoms. The molecule has 156 valence electrons. The van der Waals surface area contributed by atoms with Crippen LogP contribution in [0.2, 0.25) is 0 Å². The summed E-state index contributed by atoms with van der Waals surface area (Å²) in [6, 6.07) is 16.5. The highest BCUT2D eigenvalue weighted by Gasteiger charge is 2.23. The lowest BCUT2D eigenvalue weighted by molar-refractivity contribution is 0.309. The smallest absolute Gasteiger partial charge is 0.119 e. The number of aryl methyl sites for hydroxylation is 1. The summed E-state index contributed by atoms with van der Waals surface area (Å²) in [5, 5.41) is 0. The highest BCUT2D eigenvalue weighted by molar-refractivity contribution is 5.40. The zero-order chi connectivity index (χ0) is 20.1. The summed E-state index contributed by atoms with van der Waals surface area (Å²) in [6.07, 6.45) is 12.9. The number of hydrogen-bond donors (Lipinski definition) is 0. The molecule has 0 aliphatic heterocycles. The van der Waals surface area contributed by atoms with Gasteiger partial charge in [0, 0.05) is 0 Å². The molecule has 1 nitrogen and oxygen atoms in total. The molecular weight excluding hydrogens is 352 g/mol. The summed E-state index contributed by atoms with van der Waals surface area (Å²) >= 11 is 0. The average molecular weight is 391 g/mol. The van der Waals surface area contributed by atoms with Gasteiger partial charge >= 0.3 is 0 Å². The largest absolute Gasteiger partial charge is 0.494 e. The third kappa shape index (κ3) is 5.05. The Morgan fingerprint density at radius 3 is 2.21 bits per heavy atom. The van der Waals surface area contributed by atoms with E-state index in [4.69, 9.17) is 4.74 Å². The van der Waals surface area contributed by atoms with Crippen LogP contribution in [0.15, 0.2) is 42.5 Å². The van der Waals surface area contributed by atoms with E-state index in [1.807, 2.05) is 0 Å². The van der Waals surface area contributed by atoms with Gasteiger partial charge in [-0.2, -0.15) is 0 Å². The minimum absolute atomic E-state index is 0.666. The lowest BCUT2D eigenvalue weighted by atomic mass is 9.76. The molecule has 0 aromatic heterocycles. The molecule has 0 heterocycles. The molecule has 0 amide bonds. The van der Waals surface area contributed by atoms with Gasteiger partial charge in [-0.25, -0.2) is 0 Å². The number of rotatable bonds is 7. The van der Waals surface area contributed by atoms with Crippen LogP contribution in [-0.4, -0.2) is 6.61 Å². The Bertz CT molecular complexity index is 767. The first-order chi connectivity index (χ1) is 14.3. The fraction of sp³-hybridized carbons (Fsp3) is 0.571. The Balaban J connectivity index is 1.37. The van der Waals surface area contributed by atoms with Crippen LogP contribution in [0.3, 0.4) is 0 Å². The fourth-order valence-electron chi connectivity index (χ4n) is 5.38. The van der Waals surface area contributed by atoms with Gasteiger partial charge in [-0.05, 0) is 104 Å². The second kappa shape index (κ2) is 9.83. The summed E-state index contributed by atoms with van der Waals surface area (Å²) in [6.45, 7) is 5.40. The van der Waals surface area contributed by atoms with Gasteiger partial charge in [0.2, 0.25) is 0 Å². The van der Waals surface area contributed by atoms with Gasteiger partial charge in [-0.3, -0.25) is 0 Å². The van der Waals surface area contributed by atoms with Crippen molar-refractivity contribution in [1.29, 1.82) is 0 Å². The summed E-state index contributed by atoms with van der Waals surface area (Å²) in [5.74, 6) is 3.49. The van der Waals surface area contributed by atoms with E-state index in [1.165, 1.54) is 74.5 Å².